The number of aromatic nitrogens is 1. The Hall–Kier alpha value is -0.751. The molecule has 0 bridgehead atoms. The molecule has 2 rings (SSSR count). The monoisotopic (exact) mass is 537 g/mol. The van der Waals surface area contributed by atoms with Gasteiger partial charge in [0, 0.05) is 0 Å². The van der Waals surface area contributed by atoms with Crippen LogP contribution < -0.4 is 12.4 Å². The molecule has 0 saturated heterocycles. The summed E-state index contributed by atoms with van der Waals surface area (Å²) in [6.07, 6.45) is 14.5. The van der Waals surface area contributed by atoms with Gasteiger partial charge in [0.15, 0.2) is 0 Å². The fourth-order valence-corrected chi connectivity index (χ4v) is 11.4. The molecule has 0 spiro atoms. The van der Waals surface area contributed by atoms with E-state index in [9.17, 15) is 0 Å². The van der Waals surface area contributed by atoms with Crippen molar-refractivity contribution >= 4 is 35.4 Å². The summed E-state index contributed by atoms with van der Waals surface area (Å²) in [5, 5.41) is 0.777. The maximum absolute atomic E-state index is 6.06. The summed E-state index contributed by atoms with van der Waals surface area (Å²) < 4.78 is 13.9. The number of thiazole rings is 1. The zero-order valence-corrected chi connectivity index (χ0v) is 23.2. The Morgan fingerprint density at radius 1 is 0.900 bits per heavy atom. The Morgan fingerprint density at radius 3 is 1.93 bits per heavy atom. The molecule has 0 N–H and O–H groups in total. The van der Waals surface area contributed by atoms with E-state index in [2.05, 4.69) is 32.0 Å². The van der Waals surface area contributed by atoms with Crippen molar-refractivity contribution in [3.05, 3.63) is 30.5 Å². The molecule has 166 valence electrons. The molecule has 0 aliphatic heterocycles. The molecule has 5 heteroatoms. The molecule has 2 radical (unpaired) electrons. The zero-order chi connectivity index (χ0) is 21.8. The number of ether oxygens (including phenoxy) is 2. The quantitative estimate of drug-likeness (QED) is 0.218. The molecule has 0 unspecified atom stereocenters. The van der Waals surface area contributed by atoms with Gasteiger partial charge in [-0.25, -0.2) is 0 Å². The summed E-state index contributed by atoms with van der Waals surface area (Å²) in [6.45, 7) is 11.0. The van der Waals surface area contributed by atoms with Gasteiger partial charge in [-0.1, -0.05) is 0 Å². The van der Waals surface area contributed by atoms with Crippen molar-refractivity contribution in [3.8, 4) is 16.7 Å². The van der Waals surface area contributed by atoms with E-state index < -0.39 is 21.1 Å². The van der Waals surface area contributed by atoms with Gasteiger partial charge < -0.3 is 0 Å². The average Bonchev–Trinajstić information content (AvgIpc) is 3.16. The van der Waals surface area contributed by atoms with Gasteiger partial charge in [-0.15, -0.1) is 0 Å². The fraction of sp³-hybridized carbons (Fsp3) is 0.640. The first-order valence-corrected chi connectivity index (χ1v) is 15.4. The van der Waals surface area contributed by atoms with Gasteiger partial charge in [-0.3, -0.25) is 0 Å². The average molecular weight is 536 g/mol. The van der Waals surface area contributed by atoms with E-state index in [4.69, 9.17) is 9.47 Å². The van der Waals surface area contributed by atoms with Crippen LogP contribution in [0.15, 0.2) is 30.5 Å². The van der Waals surface area contributed by atoms with Crippen molar-refractivity contribution in [2.24, 2.45) is 0 Å². The molecular weight excluding hydrogens is 497 g/mol. The van der Waals surface area contributed by atoms with Crippen molar-refractivity contribution in [1.29, 1.82) is 0 Å². The first-order valence-electron chi connectivity index (χ1n) is 11.7. The molecule has 0 amide bonds. The topological polar surface area (TPSA) is 31.4 Å². The number of hydrogen-bond acceptors (Lipinski definition) is 4. The molecule has 0 saturated carbocycles. The molecule has 3 nitrogen and oxygen atoms in total. The molecule has 0 atom stereocenters. The van der Waals surface area contributed by atoms with E-state index in [0.717, 1.165) is 16.7 Å². The molecule has 30 heavy (non-hydrogen) atoms. The van der Waals surface area contributed by atoms with E-state index in [1.165, 1.54) is 60.7 Å². The number of rotatable bonds is 15. The van der Waals surface area contributed by atoms with Crippen LogP contribution in [0.1, 0.15) is 92.4 Å². The molecule has 0 aliphatic carbocycles. The van der Waals surface area contributed by atoms with Gasteiger partial charge >= 0.3 is 199 Å². The number of unbranched alkanes of at least 4 members (excludes halogenated alkanes) is 3. The van der Waals surface area contributed by atoms with Crippen molar-refractivity contribution in [1.82, 2.24) is 4.98 Å². The summed E-state index contributed by atoms with van der Waals surface area (Å²) in [5.41, 5.74) is 0. The van der Waals surface area contributed by atoms with Crippen LogP contribution in [0.25, 0.3) is 0 Å². The van der Waals surface area contributed by atoms with Crippen molar-refractivity contribution in [2.75, 3.05) is 0 Å². The van der Waals surface area contributed by atoms with Gasteiger partial charge in [-0.05, 0) is 0 Å². The summed E-state index contributed by atoms with van der Waals surface area (Å²) in [7, 11) is 0. The van der Waals surface area contributed by atoms with E-state index in [1.807, 2.05) is 38.1 Å². The molecule has 1 aromatic heterocycles. The summed E-state index contributed by atoms with van der Waals surface area (Å²) >= 11 is 1.04. The van der Waals surface area contributed by atoms with Gasteiger partial charge in [0.05, 0.1) is 0 Å². The van der Waals surface area contributed by atoms with Crippen LogP contribution >= 0.6 is 11.3 Å². The van der Waals surface area contributed by atoms with Crippen LogP contribution in [0.5, 0.6) is 16.7 Å². The predicted octanol–water partition coefficient (Wildman–Crippen LogP) is 7.78. The van der Waals surface area contributed by atoms with Crippen LogP contribution in [-0.4, -0.2) is 32.2 Å². The van der Waals surface area contributed by atoms with Crippen molar-refractivity contribution in [3.63, 3.8) is 0 Å². The van der Waals surface area contributed by atoms with E-state index in [-0.39, 0.29) is 6.10 Å². The van der Waals surface area contributed by atoms with Crippen LogP contribution in [0.4, 0.5) is 0 Å². The number of nitrogens with zero attached hydrogens (tertiary/aromatic N) is 1. The van der Waals surface area contributed by atoms with Gasteiger partial charge in [0.1, 0.15) is 0 Å². The zero-order valence-electron chi connectivity index (χ0n) is 19.5. The summed E-state index contributed by atoms with van der Waals surface area (Å²) in [4.78, 5) is 4.61. The van der Waals surface area contributed by atoms with Crippen LogP contribution in [-0.2, 0) is 0 Å². The SMILES string of the molecule is CCCC[C](CCCC)(CCCC)[Sn][c]1cnc(Oc2ccc(OC(C)C)cc2)s1. The van der Waals surface area contributed by atoms with Crippen LogP contribution in [0.3, 0.4) is 0 Å². The van der Waals surface area contributed by atoms with Crippen molar-refractivity contribution < 1.29 is 9.47 Å². The normalized spacial score (nSPS) is 11.8. The predicted molar refractivity (Wildman–Crippen MR) is 131 cm³/mol. The third-order valence-corrected chi connectivity index (χ3v) is 12.3. The van der Waals surface area contributed by atoms with Crippen LogP contribution in [0.2, 0.25) is 3.43 Å². The minimum atomic E-state index is -0.740. The second-order valence-corrected chi connectivity index (χ2v) is 15.8. The van der Waals surface area contributed by atoms with Gasteiger partial charge in [0.25, 0.3) is 0 Å². The van der Waals surface area contributed by atoms with E-state index >= 15 is 0 Å². The Bertz CT molecular complexity index is 692. The molecule has 1 aromatic carbocycles. The van der Waals surface area contributed by atoms with Crippen molar-refractivity contribution in [2.45, 2.75) is 102 Å². The molecule has 0 fully saturated rings. The third kappa shape index (κ3) is 8.78. The first kappa shape index (κ1) is 25.5. The maximum atomic E-state index is 6.06. The second-order valence-electron chi connectivity index (χ2n) is 8.45. The summed E-state index contributed by atoms with van der Waals surface area (Å²) in [6, 6.07) is 7.86. The first-order chi connectivity index (χ1) is 14.5. The number of benzene rings is 1. The van der Waals surface area contributed by atoms with E-state index in [1.54, 1.807) is 11.3 Å². The summed E-state index contributed by atoms with van der Waals surface area (Å²) in [5.74, 6) is 1.70. The Kier molecular flexibility index (Phi) is 11.6. The molecule has 2 aromatic rings. The Morgan fingerprint density at radius 2 is 1.43 bits per heavy atom. The molecule has 0 aliphatic rings. The molecular formula is C25H39NO2SSn. The fourth-order valence-electron chi connectivity index (χ4n) is 3.69. The number of hydrogen-bond donors (Lipinski definition) is 0. The minimum absolute atomic E-state index is 0.178. The third-order valence-electron chi connectivity index (χ3n) is 5.30. The van der Waals surface area contributed by atoms with Gasteiger partial charge in [-0.2, -0.15) is 0 Å². The van der Waals surface area contributed by atoms with Gasteiger partial charge in [0.2, 0.25) is 0 Å². The Labute approximate surface area is 198 Å². The molecule has 1 heterocycles. The second kappa shape index (κ2) is 13.6. The standard InChI is InChI=1S/C13H27.C12H12NO2S.Sn/c1-4-7-10-13(11-8-5-2)12-9-6-3;1-9(2)14-10-3-5-11(6-4-10)15-12-13-7-8-16-12;/h4-12H2,1-3H3;3-7,9H,1-2H3;. The van der Waals surface area contributed by atoms with Crippen LogP contribution in [0, 0.1) is 0 Å². The van der Waals surface area contributed by atoms with E-state index in [0.29, 0.717) is 3.43 Å². The Balaban J connectivity index is 2.07.